The van der Waals surface area contributed by atoms with Crippen molar-refractivity contribution in [2.75, 3.05) is 0 Å². The van der Waals surface area contributed by atoms with Gasteiger partial charge in [-0.2, -0.15) is 4.99 Å². The van der Waals surface area contributed by atoms with Crippen LogP contribution in [0.25, 0.3) is 10.8 Å². The Balaban J connectivity index is 2.50. The highest BCUT2D eigenvalue weighted by Gasteiger charge is 2.16. The summed E-state index contributed by atoms with van der Waals surface area (Å²) in [6, 6.07) is 3.62. The van der Waals surface area contributed by atoms with E-state index >= 15 is 0 Å². The fourth-order valence-electron chi connectivity index (χ4n) is 1.89. The van der Waals surface area contributed by atoms with Crippen LogP contribution in [0, 0.1) is 0 Å². The van der Waals surface area contributed by atoms with Crippen molar-refractivity contribution in [2.45, 2.75) is 13.0 Å². The smallest absolute Gasteiger partial charge is 0.325 e. The molecule has 2 aromatic rings. The van der Waals surface area contributed by atoms with E-state index in [1.807, 2.05) is 0 Å². The number of nitrogens with one attached hydrogen (secondary N) is 1. The Bertz CT molecular complexity index is 817. The molecule has 0 spiro atoms. The second-order valence-corrected chi connectivity index (χ2v) is 5.17. The number of hydrogen-bond donors (Lipinski definition) is 4. The van der Waals surface area contributed by atoms with Crippen LogP contribution in [0.2, 0.25) is 5.02 Å². The summed E-state index contributed by atoms with van der Waals surface area (Å²) in [5.41, 5.74) is 11.0. The van der Waals surface area contributed by atoms with Crippen molar-refractivity contribution in [1.82, 2.24) is 10.3 Å². The minimum Gasteiger partial charge on any atom is -0.480 e. The third-order valence-corrected chi connectivity index (χ3v) is 3.33. The van der Waals surface area contributed by atoms with Crippen molar-refractivity contribution in [3.8, 4) is 0 Å². The van der Waals surface area contributed by atoms with Gasteiger partial charge < -0.3 is 21.9 Å². The highest BCUT2D eigenvalue weighted by atomic mass is 35.5. The van der Waals surface area contributed by atoms with Gasteiger partial charge in [0.1, 0.15) is 6.04 Å². The second-order valence-electron chi connectivity index (χ2n) is 4.76. The number of carboxylic acid groups (broad SMARTS) is 1. The van der Waals surface area contributed by atoms with E-state index in [4.69, 9.17) is 28.2 Å². The molecule has 1 aromatic carbocycles. The molecule has 6 N–H and O–H groups in total. The molecule has 2 rings (SSSR count). The lowest BCUT2D eigenvalue weighted by Crippen LogP contribution is -2.38. The number of carboxylic acids is 1. The third-order valence-electron chi connectivity index (χ3n) is 3.03. The van der Waals surface area contributed by atoms with Crippen LogP contribution in [0.5, 0.6) is 0 Å². The van der Waals surface area contributed by atoms with Crippen LogP contribution in [0.1, 0.15) is 17.3 Å². The van der Waals surface area contributed by atoms with E-state index in [0.717, 1.165) is 0 Å². The van der Waals surface area contributed by atoms with E-state index in [9.17, 15) is 9.59 Å². The number of nitrogens with two attached hydrogens (primary N) is 2. The Morgan fingerprint density at radius 3 is 2.65 bits per heavy atom. The summed E-state index contributed by atoms with van der Waals surface area (Å²) in [5.74, 6) is -1.65. The number of fused-ring (bicyclic) bond motifs is 1. The van der Waals surface area contributed by atoms with Gasteiger partial charge in [0, 0.05) is 22.5 Å². The molecule has 23 heavy (non-hydrogen) atoms. The Morgan fingerprint density at radius 1 is 1.35 bits per heavy atom. The molecule has 0 fully saturated rings. The predicted octanol–water partition coefficient (Wildman–Crippen LogP) is 0.996. The first-order valence-electron chi connectivity index (χ1n) is 6.51. The summed E-state index contributed by atoms with van der Waals surface area (Å²) in [5, 5.41) is 12.7. The number of carbonyl (C=O) groups is 2. The molecule has 1 atom stereocenters. The number of rotatable bonds is 4. The number of aromatic nitrogens is 1. The molecule has 9 heteroatoms. The predicted molar refractivity (Wildman–Crippen MR) is 86.8 cm³/mol. The number of hydrogen-bond acceptors (Lipinski definition) is 4. The van der Waals surface area contributed by atoms with Crippen LogP contribution in [-0.4, -0.2) is 34.0 Å². The number of aliphatic carboxylic acids is 1. The van der Waals surface area contributed by atoms with Crippen LogP contribution < -0.4 is 16.8 Å². The molecule has 0 aliphatic heterocycles. The van der Waals surface area contributed by atoms with Crippen molar-refractivity contribution >= 4 is 46.0 Å². The minimum absolute atomic E-state index is 0.185. The highest BCUT2D eigenvalue weighted by Crippen LogP contribution is 2.30. The molecule has 0 bridgehead atoms. The summed E-state index contributed by atoms with van der Waals surface area (Å²) >= 11 is 6.07. The zero-order chi connectivity index (χ0) is 17.1. The van der Waals surface area contributed by atoms with Crippen molar-refractivity contribution in [2.24, 2.45) is 16.5 Å². The van der Waals surface area contributed by atoms with Crippen LogP contribution >= 0.6 is 11.6 Å². The molecule has 120 valence electrons. The number of aliphatic imine (C=N–C) groups is 1. The van der Waals surface area contributed by atoms with Gasteiger partial charge in [0.05, 0.1) is 5.02 Å². The SMILES string of the molecule is C[C@H](NC(=O)c1ccc2c(Cl)cnc(N=C(N)N)c2c1)C(=O)O. The van der Waals surface area contributed by atoms with Crippen LogP contribution in [0.3, 0.4) is 0 Å². The number of nitrogens with zero attached hydrogens (tertiary/aromatic N) is 2. The minimum atomic E-state index is -1.13. The van der Waals surface area contributed by atoms with Gasteiger partial charge in [-0.15, -0.1) is 0 Å². The number of halogens is 1. The van der Waals surface area contributed by atoms with Gasteiger partial charge in [-0.1, -0.05) is 17.7 Å². The highest BCUT2D eigenvalue weighted by molar-refractivity contribution is 6.35. The normalized spacial score (nSPS) is 11.7. The monoisotopic (exact) mass is 335 g/mol. The summed E-state index contributed by atoms with van der Waals surface area (Å²) in [4.78, 5) is 30.8. The number of guanidine groups is 1. The standard InChI is InChI=1S/C14H14ClN5O3/c1-6(13(22)23)19-12(21)7-2-3-8-9(4-7)11(20-14(16)17)18-5-10(8)15/h2-6H,1H3,(H,19,21)(H,22,23)(H4,16,17,18,20)/t6-/m0/s1. The molecule has 0 aliphatic rings. The van der Waals surface area contributed by atoms with Crippen molar-refractivity contribution in [3.05, 3.63) is 35.0 Å². The molecule has 0 saturated carbocycles. The maximum atomic E-state index is 12.1. The van der Waals surface area contributed by atoms with Crippen LogP contribution in [0.15, 0.2) is 29.4 Å². The first-order valence-corrected chi connectivity index (χ1v) is 6.89. The second kappa shape index (κ2) is 6.49. The lowest BCUT2D eigenvalue weighted by atomic mass is 10.1. The van der Waals surface area contributed by atoms with Gasteiger partial charge in [-0.05, 0) is 19.1 Å². The van der Waals surface area contributed by atoms with Crippen molar-refractivity contribution in [3.63, 3.8) is 0 Å². The van der Waals surface area contributed by atoms with Gasteiger partial charge in [0.25, 0.3) is 5.91 Å². The largest absolute Gasteiger partial charge is 0.480 e. The fourth-order valence-corrected chi connectivity index (χ4v) is 2.10. The van der Waals surface area contributed by atoms with Gasteiger partial charge in [0.15, 0.2) is 11.8 Å². The van der Waals surface area contributed by atoms with Gasteiger partial charge in [-0.3, -0.25) is 9.59 Å². The van der Waals surface area contributed by atoms with E-state index in [0.29, 0.717) is 15.8 Å². The molecular formula is C14H14ClN5O3. The third kappa shape index (κ3) is 3.67. The van der Waals surface area contributed by atoms with E-state index in [-0.39, 0.29) is 17.3 Å². The Morgan fingerprint density at radius 2 is 2.04 bits per heavy atom. The average molecular weight is 336 g/mol. The molecule has 1 amide bonds. The Kier molecular flexibility index (Phi) is 4.65. The van der Waals surface area contributed by atoms with E-state index in [1.165, 1.54) is 25.3 Å². The fraction of sp³-hybridized carbons (Fsp3) is 0.143. The first kappa shape index (κ1) is 16.5. The summed E-state index contributed by atoms with van der Waals surface area (Å²) in [6.07, 6.45) is 1.40. The Hall–Kier alpha value is -2.87. The summed E-state index contributed by atoms with van der Waals surface area (Å²) in [7, 11) is 0. The number of amides is 1. The summed E-state index contributed by atoms with van der Waals surface area (Å²) in [6.45, 7) is 1.37. The quantitative estimate of drug-likeness (QED) is 0.484. The number of benzene rings is 1. The number of carbonyl (C=O) groups excluding carboxylic acids is 1. The molecule has 8 nitrogen and oxygen atoms in total. The first-order chi connectivity index (χ1) is 10.8. The number of pyridine rings is 1. The van der Waals surface area contributed by atoms with Gasteiger partial charge >= 0.3 is 5.97 Å². The molecule has 0 unspecified atom stereocenters. The zero-order valence-electron chi connectivity index (χ0n) is 12.1. The summed E-state index contributed by atoms with van der Waals surface area (Å²) < 4.78 is 0. The molecule has 0 saturated heterocycles. The van der Waals surface area contributed by atoms with Crippen LogP contribution in [0.4, 0.5) is 5.82 Å². The van der Waals surface area contributed by atoms with E-state index in [2.05, 4.69) is 15.3 Å². The molecule has 0 radical (unpaired) electrons. The molecular weight excluding hydrogens is 322 g/mol. The maximum absolute atomic E-state index is 12.1. The van der Waals surface area contributed by atoms with E-state index < -0.39 is 17.9 Å². The van der Waals surface area contributed by atoms with Crippen LogP contribution in [-0.2, 0) is 4.79 Å². The molecule has 1 heterocycles. The van der Waals surface area contributed by atoms with Gasteiger partial charge in [-0.25, -0.2) is 4.98 Å². The lowest BCUT2D eigenvalue weighted by Gasteiger charge is -2.10. The van der Waals surface area contributed by atoms with Crippen molar-refractivity contribution < 1.29 is 14.7 Å². The van der Waals surface area contributed by atoms with Gasteiger partial charge in [0.2, 0.25) is 0 Å². The maximum Gasteiger partial charge on any atom is 0.325 e. The molecule has 1 aromatic heterocycles. The molecule has 0 aliphatic carbocycles. The lowest BCUT2D eigenvalue weighted by molar-refractivity contribution is -0.138. The van der Waals surface area contributed by atoms with E-state index in [1.54, 1.807) is 6.07 Å². The average Bonchev–Trinajstić information content (AvgIpc) is 2.49. The topological polar surface area (TPSA) is 144 Å². The Labute approximate surface area is 136 Å². The van der Waals surface area contributed by atoms with Crippen molar-refractivity contribution in [1.29, 1.82) is 0 Å². The zero-order valence-corrected chi connectivity index (χ0v) is 12.8.